The van der Waals surface area contributed by atoms with Crippen LogP contribution in [-0.2, 0) is 18.9 Å². The van der Waals surface area contributed by atoms with E-state index in [2.05, 4.69) is 20.8 Å². The van der Waals surface area contributed by atoms with Crippen LogP contribution in [0.3, 0.4) is 0 Å². The summed E-state index contributed by atoms with van der Waals surface area (Å²) < 4.78 is 24.2. The molecule has 1 N–H and O–H groups in total. The van der Waals surface area contributed by atoms with Crippen LogP contribution in [0.2, 0.25) is 0 Å². The van der Waals surface area contributed by atoms with Crippen LogP contribution in [0.25, 0.3) is 0 Å². The van der Waals surface area contributed by atoms with Gasteiger partial charge in [-0.2, -0.15) is 0 Å². The molecule has 4 unspecified atom stereocenters. The van der Waals surface area contributed by atoms with Gasteiger partial charge >= 0.3 is 12.1 Å². The van der Waals surface area contributed by atoms with Crippen molar-refractivity contribution in [1.82, 2.24) is 20.2 Å². The number of amides is 1. The molecule has 5 rings (SSSR count). The molecular weight excluding hydrogens is 474 g/mol. The third-order valence-electron chi connectivity index (χ3n) is 5.59. The minimum Gasteiger partial charge on any atom is -0.462 e. The largest absolute Gasteiger partial charge is 0.462 e. The Morgan fingerprint density at radius 3 is 2.77 bits per heavy atom. The van der Waals surface area contributed by atoms with Crippen LogP contribution in [0, 0.1) is 0 Å². The van der Waals surface area contributed by atoms with Crippen molar-refractivity contribution in [2.24, 2.45) is 0 Å². The van der Waals surface area contributed by atoms with Crippen LogP contribution in [0.15, 0.2) is 64.6 Å². The van der Waals surface area contributed by atoms with Crippen molar-refractivity contribution in [3.63, 3.8) is 0 Å². The third-order valence-corrected chi connectivity index (χ3v) is 6.55. The van der Waals surface area contributed by atoms with Crippen LogP contribution in [0.4, 0.5) is 10.5 Å². The Balaban J connectivity index is 1.20. The highest BCUT2D eigenvalue weighted by molar-refractivity contribution is 7.99. The van der Waals surface area contributed by atoms with E-state index in [1.165, 1.54) is 17.8 Å². The topological polar surface area (TPSA) is 127 Å². The maximum Gasteiger partial charge on any atom is 0.412 e. The zero-order valence-electron chi connectivity index (χ0n) is 18.8. The second-order valence-corrected chi connectivity index (χ2v) is 8.90. The Morgan fingerprint density at radius 2 is 1.94 bits per heavy atom. The summed E-state index contributed by atoms with van der Waals surface area (Å²) in [5, 5.41) is 15.4. The van der Waals surface area contributed by atoms with Gasteiger partial charge in [-0.15, -0.1) is 5.10 Å². The number of benzene rings is 2. The second kappa shape index (κ2) is 10.4. The number of carbonyl (C=O) groups is 2. The number of carbonyl (C=O) groups excluding carboxylic acids is 2. The van der Waals surface area contributed by atoms with Crippen LogP contribution < -0.4 is 5.32 Å². The Hall–Kier alpha value is -3.48. The van der Waals surface area contributed by atoms with Gasteiger partial charge in [0.2, 0.25) is 5.16 Å². The Labute approximate surface area is 205 Å². The lowest BCUT2D eigenvalue weighted by molar-refractivity contribution is 0.00751. The predicted octanol–water partition coefficient (Wildman–Crippen LogP) is 2.96. The number of hydrogen-bond donors (Lipinski definition) is 1. The van der Waals surface area contributed by atoms with Crippen molar-refractivity contribution >= 4 is 29.5 Å². The second-order valence-electron chi connectivity index (χ2n) is 7.85. The van der Waals surface area contributed by atoms with E-state index in [9.17, 15) is 9.59 Å². The fourth-order valence-corrected chi connectivity index (χ4v) is 4.88. The predicted molar refractivity (Wildman–Crippen MR) is 123 cm³/mol. The number of hydrogen-bond acceptors (Lipinski definition) is 10. The molecule has 12 heteroatoms. The average Bonchev–Trinajstić information content (AvgIpc) is 3.58. The summed E-state index contributed by atoms with van der Waals surface area (Å²) >= 11 is 1.45. The molecule has 2 saturated heterocycles. The smallest absolute Gasteiger partial charge is 0.412 e. The SMILES string of the molecule is CCOC(=O)c1cccc(NC(=O)OC2COC3C2OCC3n2nnnc2Sc2ccccc2)c1. The number of anilines is 1. The van der Waals surface area contributed by atoms with Gasteiger partial charge in [0.25, 0.3) is 0 Å². The zero-order chi connectivity index (χ0) is 24.2. The highest BCUT2D eigenvalue weighted by atomic mass is 32.2. The zero-order valence-corrected chi connectivity index (χ0v) is 19.6. The number of fused-ring (bicyclic) bond motifs is 1. The molecule has 1 aromatic heterocycles. The molecule has 0 aliphatic carbocycles. The lowest BCUT2D eigenvalue weighted by Gasteiger charge is -2.18. The number of aromatic nitrogens is 4. The van der Waals surface area contributed by atoms with Gasteiger partial charge in [-0.25, -0.2) is 14.3 Å². The molecule has 3 aromatic rings. The lowest BCUT2D eigenvalue weighted by atomic mass is 10.1. The Bertz CT molecular complexity index is 1190. The van der Waals surface area contributed by atoms with Gasteiger partial charge in [0.05, 0.1) is 25.4 Å². The molecule has 0 bridgehead atoms. The van der Waals surface area contributed by atoms with Crippen molar-refractivity contribution in [2.45, 2.75) is 41.3 Å². The molecule has 0 saturated carbocycles. The fourth-order valence-electron chi connectivity index (χ4n) is 4.03. The van der Waals surface area contributed by atoms with E-state index in [4.69, 9.17) is 18.9 Å². The first-order valence-corrected chi connectivity index (χ1v) is 11.9. The van der Waals surface area contributed by atoms with E-state index >= 15 is 0 Å². The molecule has 2 aliphatic heterocycles. The molecule has 3 heterocycles. The fraction of sp³-hybridized carbons (Fsp3) is 0.348. The summed E-state index contributed by atoms with van der Waals surface area (Å²) in [4.78, 5) is 25.5. The number of nitrogens with zero attached hydrogens (tertiary/aromatic N) is 4. The van der Waals surface area contributed by atoms with Crippen molar-refractivity contribution in [3.05, 3.63) is 60.2 Å². The van der Waals surface area contributed by atoms with Gasteiger partial charge in [0.15, 0.2) is 6.10 Å². The normalized spacial score (nSPS) is 23.0. The standard InChI is InChI=1S/C23H23N5O6S/c1-2-31-21(29)14-7-6-8-15(11-14)24-23(30)34-18-13-33-19-17(12-32-20(18)19)28-22(25-26-27-28)35-16-9-4-3-5-10-16/h3-11,17-20H,2,12-13H2,1H3,(H,24,30). The van der Waals surface area contributed by atoms with Crippen molar-refractivity contribution in [1.29, 1.82) is 0 Å². The molecule has 2 aromatic carbocycles. The molecule has 35 heavy (non-hydrogen) atoms. The first-order valence-electron chi connectivity index (χ1n) is 11.1. The van der Waals surface area contributed by atoms with Crippen LogP contribution in [-0.4, -0.2) is 70.4 Å². The third kappa shape index (κ3) is 5.14. The molecular formula is C23H23N5O6S. The summed E-state index contributed by atoms with van der Waals surface area (Å²) in [7, 11) is 0. The van der Waals surface area contributed by atoms with E-state index in [1.807, 2.05) is 30.3 Å². The number of ether oxygens (including phenoxy) is 4. The van der Waals surface area contributed by atoms with Gasteiger partial charge in [-0.3, -0.25) is 5.32 Å². The lowest BCUT2D eigenvalue weighted by Crippen LogP contribution is -2.35. The molecule has 0 spiro atoms. The Kier molecular flexibility index (Phi) is 6.93. The van der Waals surface area contributed by atoms with E-state index in [0.717, 1.165) is 4.90 Å². The number of rotatable bonds is 7. The summed E-state index contributed by atoms with van der Waals surface area (Å²) in [6.45, 7) is 2.50. The van der Waals surface area contributed by atoms with E-state index < -0.39 is 24.3 Å². The first kappa shape index (κ1) is 23.3. The minimum atomic E-state index is -0.671. The average molecular weight is 498 g/mol. The van der Waals surface area contributed by atoms with Crippen LogP contribution >= 0.6 is 11.8 Å². The van der Waals surface area contributed by atoms with Crippen LogP contribution in [0.5, 0.6) is 0 Å². The van der Waals surface area contributed by atoms with Gasteiger partial charge in [0, 0.05) is 10.6 Å². The van der Waals surface area contributed by atoms with Crippen molar-refractivity contribution in [2.75, 3.05) is 25.1 Å². The van der Waals surface area contributed by atoms with Crippen molar-refractivity contribution < 1.29 is 28.5 Å². The molecule has 182 valence electrons. The summed E-state index contributed by atoms with van der Waals surface area (Å²) in [5.41, 5.74) is 0.749. The molecule has 1 amide bonds. The summed E-state index contributed by atoms with van der Waals surface area (Å²) in [5.74, 6) is -0.464. The highest BCUT2D eigenvalue weighted by Gasteiger charge is 2.51. The monoisotopic (exact) mass is 497 g/mol. The highest BCUT2D eigenvalue weighted by Crippen LogP contribution is 2.37. The first-order chi connectivity index (χ1) is 17.1. The summed E-state index contributed by atoms with van der Waals surface area (Å²) in [6.07, 6.45) is -2.08. The molecule has 11 nitrogen and oxygen atoms in total. The van der Waals surface area contributed by atoms with E-state index in [1.54, 1.807) is 29.8 Å². The molecule has 0 radical (unpaired) electrons. The molecule has 2 aliphatic rings. The van der Waals surface area contributed by atoms with Crippen LogP contribution in [0.1, 0.15) is 23.3 Å². The van der Waals surface area contributed by atoms with Gasteiger partial charge < -0.3 is 18.9 Å². The number of tetrazole rings is 1. The molecule has 2 fully saturated rings. The number of nitrogens with one attached hydrogen (secondary N) is 1. The Morgan fingerprint density at radius 1 is 1.11 bits per heavy atom. The van der Waals surface area contributed by atoms with E-state index in [0.29, 0.717) is 23.0 Å². The molecule has 4 atom stereocenters. The van der Waals surface area contributed by atoms with Gasteiger partial charge in [-0.05, 0) is 59.4 Å². The summed E-state index contributed by atoms with van der Waals surface area (Å²) in [6, 6.07) is 16.0. The van der Waals surface area contributed by atoms with Crippen molar-refractivity contribution in [3.8, 4) is 0 Å². The number of esters is 1. The quantitative estimate of drug-likeness (QED) is 0.487. The maximum absolute atomic E-state index is 12.5. The maximum atomic E-state index is 12.5. The van der Waals surface area contributed by atoms with E-state index in [-0.39, 0.29) is 25.4 Å². The van der Waals surface area contributed by atoms with Gasteiger partial charge in [-0.1, -0.05) is 24.3 Å². The van der Waals surface area contributed by atoms with Gasteiger partial charge in [0.1, 0.15) is 18.2 Å². The minimum absolute atomic E-state index is 0.186.